The molecule has 0 aliphatic heterocycles. The molecule has 0 aliphatic carbocycles. The lowest BCUT2D eigenvalue weighted by Crippen LogP contribution is -2.35. The van der Waals surface area contributed by atoms with Crippen LogP contribution in [0.25, 0.3) is 0 Å². The molecule has 124 valence electrons. The van der Waals surface area contributed by atoms with Crippen molar-refractivity contribution in [2.75, 3.05) is 13.6 Å². The molecule has 22 heavy (non-hydrogen) atoms. The number of alkyl halides is 3. The highest BCUT2D eigenvalue weighted by Gasteiger charge is 2.32. The predicted molar refractivity (Wildman–Crippen MR) is 80.5 cm³/mol. The molecule has 1 rings (SSSR count). The highest BCUT2D eigenvalue weighted by molar-refractivity contribution is 8.00. The molecular weight excluding hydrogens is 315 g/mol. The molecule has 0 aliphatic rings. The minimum absolute atomic E-state index is 0.0505. The summed E-state index contributed by atoms with van der Waals surface area (Å²) in [5, 5.41) is -0.333. The van der Waals surface area contributed by atoms with Gasteiger partial charge in [-0.05, 0) is 24.5 Å². The minimum atomic E-state index is -4.48. The number of amides is 1. The summed E-state index contributed by atoms with van der Waals surface area (Å²) < 4.78 is 37.5. The molecule has 8 heteroatoms. The van der Waals surface area contributed by atoms with Crippen LogP contribution in [0.2, 0.25) is 0 Å². The second-order valence-corrected chi connectivity index (χ2v) is 6.38. The van der Waals surface area contributed by atoms with Gasteiger partial charge < -0.3 is 10.6 Å². The summed E-state index contributed by atoms with van der Waals surface area (Å²) in [6, 6.07) is 2.73. The molecule has 0 bridgehead atoms. The molecule has 1 atom stereocenters. The van der Waals surface area contributed by atoms with Crippen LogP contribution in [0.1, 0.15) is 30.6 Å². The molecule has 2 N–H and O–H groups in total. The standard InChI is InChI=1S/C14H20F3N3OS/c1-9(2)11(18)6-8-20(3)13(21)10-5-4-7-19-12(10)22-14(15,16)17/h4-5,7,9,11H,6,8,18H2,1-3H3. The maximum atomic E-state index is 12.5. The number of carbonyl (C=O) groups excluding carboxylic acids is 1. The van der Waals surface area contributed by atoms with Gasteiger partial charge in [-0.2, -0.15) is 13.2 Å². The van der Waals surface area contributed by atoms with Crippen LogP contribution in [0.4, 0.5) is 13.2 Å². The Labute approximate surface area is 132 Å². The van der Waals surface area contributed by atoms with Crippen LogP contribution in [0.5, 0.6) is 0 Å². The van der Waals surface area contributed by atoms with Gasteiger partial charge in [-0.25, -0.2) is 4.98 Å². The van der Waals surface area contributed by atoms with Gasteiger partial charge >= 0.3 is 5.51 Å². The SMILES string of the molecule is CC(C)C(N)CCN(C)C(=O)c1cccnc1SC(F)(F)F. The maximum absolute atomic E-state index is 12.5. The van der Waals surface area contributed by atoms with Gasteiger partial charge in [0.15, 0.2) is 0 Å². The van der Waals surface area contributed by atoms with Gasteiger partial charge in [0.05, 0.1) is 5.56 Å². The first kappa shape index (κ1) is 18.8. The van der Waals surface area contributed by atoms with Gasteiger partial charge in [0, 0.05) is 37.6 Å². The van der Waals surface area contributed by atoms with Crippen molar-refractivity contribution in [2.24, 2.45) is 11.7 Å². The Kier molecular flexibility index (Phi) is 6.67. The first-order valence-electron chi connectivity index (χ1n) is 6.83. The Hall–Kier alpha value is -1.28. The van der Waals surface area contributed by atoms with E-state index in [1.54, 1.807) is 7.05 Å². The number of rotatable bonds is 6. The summed E-state index contributed by atoms with van der Waals surface area (Å²) in [4.78, 5) is 17.3. The topological polar surface area (TPSA) is 59.2 Å². The van der Waals surface area contributed by atoms with E-state index < -0.39 is 11.4 Å². The van der Waals surface area contributed by atoms with Gasteiger partial charge in [0.25, 0.3) is 5.91 Å². The second kappa shape index (κ2) is 7.82. The lowest BCUT2D eigenvalue weighted by Gasteiger charge is -2.22. The molecule has 0 saturated heterocycles. The predicted octanol–water partition coefficient (Wildman–Crippen LogP) is 3.14. The van der Waals surface area contributed by atoms with Crippen molar-refractivity contribution in [3.8, 4) is 0 Å². The number of nitrogens with two attached hydrogens (primary N) is 1. The molecule has 4 nitrogen and oxygen atoms in total. The number of nitrogens with zero attached hydrogens (tertiary/aromatic N) is 2. The number of aromatic nitrogens is 1. The number of hydrogen-bond donors (Lipinski definition) is 1. The Bertz CT molecular complexity index is 508. The van der Waals surface area contributed by atoms with Crippen molar-refractivity contribution in [2.45, 2.75) is 36.8 Å². The molecule has 0 aromatic carbocycles. The van der Waals surface area contributed by atoms with E-state index >= 15 is 0 Å². The van der Waals surface area contributed by atoms with Crippen LogP contribution in [0.3, 0.4) is 0 Å². The van der Waals surface area contributed by atoms with E-state index in [0.717, 1.165) is 0 Å². The fourth-order valence-corrected chi connectivity index (χ4v) is 2.33. The number of carbonyl (C=O) groups is 1. The van der Waals surface area contributed by atoms with E-state index in [0.29, 0.717) is 13.0 Å². The number of pyridine rings is 1. The van der Waals surface area contributed by atoms with E-state index in [4.69, 9.17) is 5.73 Å². The van der Waals surface area contributed by atoms with E-state index in [1.807, 2.05) is 13.8 Å². The third-order valence-electron chi connectivity index (χ3n) is 3.21. The molecule has 0 radical (unpaired) electrons. The molecule has 1 unspecified atom stereocenters. The van der Waals surface area contributed by atoms with Crippen molar-refractivity contribution < 1.29 is 18.0 Å². The minimum Gasteiger partial charge on any atom is -0.342 e. The lowest BCUT2D eigenvalue weighted by atomic mass is 10.0. The van der Waals surface area contributed by atoms with Crippen LogP contribution in [0, 0.1) is 5.92 Å². The van der Waals surface area contributed by atoms with E-state index in [2.05, 4.69) is 4.98 Å². The van der Waals surface area contributed by atoms with Crippen LogP contribution >= 0.6 is 11.8 Å². The third-order valence-corrected chi connectivity index (χ3v) is 3.96. The van der Waals surface area contributed by atoms with E-state index in [9.17, 15) is 18.0 Å². The fourth-order valence-electron chi connectivity index (χ4n) is 1.73. The van der Waals surface area contributed by atoms with Crippen molar-refractivity contribution in [3.05, 3.63) is 23.9 Å². The van der Waals surface area contributed by atoms with Crippen molar-refractivity contribution >= 4 is 17.7 Å². The van der Waals surface area contributed by atoms with Crippen LogP contribution in [0.15, 0.2) is 23.4 Å². The number of halogens is 3. The van der Waals surface area contributed by atoms with Crippen molar-refractivity contribution in [3.63, 3.8) is 0 Å². The molecule has 1 amide bonds. The summed E-state index contributed by atoms with van der Waals surface area (Å²) in [7, 11) is 1.55. The monoisotopic (exact) mass is 335 g/mol. The van der Waals surface area contributed by atoms with Gasteiger partial charge in [-0.1, -0.05) is 13.8 Å². The lowest BCUT2D eigenvalue weighted by molar-refractivity contribution is -0.0329. The third kappa shape index (κ3) is 5.84. The molecule has 0 spiro atoms. The average molecular weight is 335 g/mol. The largest absolute Gasteiger partial charge is 0.447 e. The van der Waals surface area contributed by atoms with E-state index in [1.165, 1.54) is 23.2 Å². The average Bonchev–Trinajstić information content (AvgIpc) is 2.42. The Morgan fingerprint density at radius 3 is 2.64 bits per heavy atom. The summed E-state index contributed by atoms with van der Waals surface area (Å²) in [5.41, 5.74) is 1.38. The van der Waals surface area contributed by atoms with E-state index in [-0.39, 0.29) is 34.3 Å². The zero-order chi connectivity index (χ0) is 16.9. The first-order chi connectivity index (χ1) is 10.1. The molecular formula is C14H20F3N3OS. The highest BCUT2D eigenvalue weighted by atomic mass is 32.2. The Balaban J connectivity index is 2.80. The van der Waals surface area contributed by atoms with Crippen LogP contribution in [-0.2, 0) is 0 Å². The van der Waals surface area contributed by atoms with Crippen LogP contribution in [-0.4, -0.2) is 40.9 Å². The number of hydrogen-bond acceptors (Lipinski definition) is 4. The smallest absolute Gasteiger partial charge is 0.342 e. The summed E-state index contributed by atoms with van der Waals surface area (Å²) in [6.07, 6.45) is 1.82. The van der Waals surface area contributed by atoms with Gasteiger partial charge in [-0.3, -0.25) is 4.79 Å². The normalized spacial score (nSPS) is 13.3. The van der Waals surface area contributed by atoms with Gasteiger partial charge in [0.2, 0.25) is 0 Å². The zero-order valence-electron chi connectivity index (χ0n) is 12.7. The number of thioether (sulfide) groups is 1. The quantitative estimate of drug-likeness (QED) is 0.812. The maximum Gasteiger partial charge on any atom is 0.447 e. The first-order valence-corrected chi connectivity index (χ1v) is 7.65. The zero-order valence-corrected chi connectivity index (χ0v) is 13.5. The summed E-state index contributed by atoms with van der Waals surface area (Å²) in [5.74, 6) is -0.214. The second-order valence-electron chi connectivity index (χ2n) is 5.33. The van der Waals surface area contributed by atoms with Gasteiger partial charge in [0.1, 0.15) is 5.03 Å². The highest BCUT2D eigenvalue weighted by Crippen LogP contribution is 2.37. The van der Waals surface area contributed by atoms with Crippen molar-refractivity contribution in [1.29, 1.82) is 0 Å². The molecule has 1 aromatic rings. The molecule has 0 fully saturated rings. The Morgan fingerprint density at radius 1 is 1.45 bits per heavy atom. The summed E-state index contributed by atoms with van der Waals surface area (Å²) >= 11 is -0.381. The molecule has 1 aromatic heterocycles. The molecule has 0 saturated carbocycles. The van der Waals surface area contributed by atoms with Gasteiger partial charge in [-0.15, -0.1) is 0 Å². The van der Waals surface area contributed by atoms with Crippen LogP contribution < -0.4 is 5.73 Å². The summed E-state index contributed by atoms with van der Waals surface area (Å²) in [6.45, 7) is 4.33. The Morgan fingerprint density at radius 2 is 2.09 bits per heavy atom. The van der Waals surface area contributed by atoms with Crippen molar-refractivity contribution in [1.82, 2.24) is 9.88 Å². The fraction of sp³-hybridized carbons (Fsp3) is 0.571. The molecule has 1 heterocycles.